The smallest absolute Gasteiger partial charge is 0.300 e. The van der Waals surface area contributed by atoms with Crippen LogP contribution in [0.1, 0.15) is 30.9 Å². The zero-order chi connectivity index (χ0) is 17.1. The van der Waals surface area contributed by atoms with Crippen LogP contribution in [0.3, 0.4) is 0 Å². The van der Waals surface area contributed by atoms with Crippen LogP contribution in [0.5, 0.6) is 0 Å². The maximum absolute atomic E-state index is 12.2. The van der Waals surface area contributed by atoms with Crippen LogP contribution in [-0.2, 0) is 13.1 Å². The van der Waals surface area contributed by atoms with E-state index in [9.17, 15) is 4.79 Å². The van der Waals surface area contributed by atoms with Crippen LogP contribution in [0, 0.1) is 0 Å². The molecule has 0 aliphatic rings. The Labute approximate surface area is 142 Å². The third-order valence-electron chi connectivity index (χ3n) is 4.28. The SMILES string of the molecule is CC(C)c1ccc(CN(C)CCn2nc3ccccn3c2=O)cc1. The van der Waals surface area contributed by atoms with Gasteiger partial charge in [-0.05, 0) is 36.2 Å². The molecule has 0 aliphatic heterocycles. The summed E-state index contributed by atoms with van der Waals surface area (Å²) in [5.41, 5.74) is 3.25. The van der Waals surface area contributed by atoms with Crippen molar-refractivity contribution in [3.63, 3.8) is 0 Å². The Bertz CT molecular complexity index is 861. The molecule has 2 heterocycles. The van der Waals surface area contributed by atoms with Crippen LogP contribution in [0.4, 0.5) is 0 Å². The fourth-order valence-electron chi connectivity index (χ4n) is 2.78. The first-order valence-corrected chi connectivity index (χ1v) is 8.36. The van der Waals surface area contributed by atoms with Crippen molar-refractivity contribution in [1.29, 1.82) is 0 Å². The second-order valence-electron chi connectivity index (χ2n) is 6.57. The number of rotatable bonds is 6. The van der Waals surface area contributed by atoms with Crippen LogP contribution in [-0.4, -0.2) is 32.7 Å². The van der Waals surface area contributed by atoms with Crippen molar-refractivity contribution < 1.29 is 0 Å². The molecule has 1 aromatic carbocycles. The van der Waals surface area contributed by atoms with Gasteiger partial charge in [0.15, 0.2) is 5.65 Å². The van der Waals surface area contributed by atoms with Gasteiger partial charge in [0.05, 0.1) is 6.54 Å². The lowest BCUT2D eigenvalue weighted by Crippen LogP contribution is -2.28. The van der Waals surface area contributed by atoms with E-state index in [0.29, 0.717) is 18.1 Å². The number of nitrogens with zero attached hydrogens (tertiary/aromatic N) is 4. The van der Waals surface area contributed by atoms with Crippen molar-refractivity contribution in [2.75, 3.05) is 13.6 Å². The molecule has 0 saturated carbocycles. The van der Waals surface area contributed by atoms with Crippen LogP contribution in [0.2, 0.25) is 0 Å². The zero-order valence-corrected chi connectivity index (χ0v) is 14.5. The molecule has 2 aromatic heterocycles. The van der Waals surface area contributed by atoms with Crippen molar-refractivity contribution in [2.45, 2.75) is 32.9 Å². The van der Waals surface area contributed by atoms with Gasteiger partial charge >= 0.3 is 5.69 Å². The summed E-state index contributed by atoms with van der Waals surface area (Å²) in [6.45, 7) is 6.62. The van der Waals surface area contributed by atoms with E-state index in [4.69, 9.17) is 0 Å². The molecule has 0 radical (unpaired) electrons. The normalized spacial score (nSPS) is 11.7. The highest BCUT2D eigenvalue weighted by atomic mass is 16.2. The topological polar surface area (TPSA) is 42.5 Å². The predicted molar refractivity (Wildman–Crippen MR) is 96.3 cm³/mol. The Morgan fingerprint density at radius 1 is 1.12 bits per heavy atom. The molecule has 5 heteroatoms. The molecule has 3 rings (SSSR count). The molecule has 0 aliphatic carbocycles. The van der Waals surface area contributed by atoms with E-state index in [0.717, 1.165) is 13.1 Å². The number of aromatic nitrogens is 3. The molecule has 0 bridgehead atoms. The van der Waals surface area contributed by atoms with Gasteiger partial charge in [-0.15, -0.1) is 5.10 Å². The lowest BCUT2D eigenvalue weighted by molar-refractivity contribution is 0.303. The van der Waals surface area contributed by atoms with E-state index in [-0.39, 0.29) is 5.69 Å². The van der Waals surface area contributed by atoms with Crippen LogP contribution in [0.15, 0.2) is 53.5 Å². The molecule has 0 spiro atoms. The lowest BCUT2D eigenvalue weighted by atomic mass is 10.0. The number of hydrogen-bond donors (Lipinski definition) is 0. The van der Waals surface area contributed by atoms with Crippen molar-refractivity contribution in [3.8, 4) is 0 Å². The quantitative estimate of drug-likeness (QED) is 0.700. The van der Waals surface area contributed by atoms with Gasteiger partial charge in [0.2, 0.25) is 0 Å². The van der Waals surface area contributed by atoms with Crippen LogP contribution >= 0.6 is 0 Å². The molecule has 5 nitrogen and oxygen atoms in total. The van der Waals surface area contributed by atoms with Crippen LogP contribution < -0.4 is 5.69 Å². The maximum Gasteiger partial charge on any atom is 0.350 e. The maximum atomic E-state index is 12.2. The van der Waals surface area contributed by atoms with Gasteiger partial charge in [-0.25, -0.2) is 9.48 Å². The largest absolute Gasteiger partial charge is 0.350 e. The highest BCUT2D eigenvalue weighted by molar-refractivity contribution is 5.35. The summed E-state index contributed by atoms with van der Waals surface area (Å²) in [7, 11) is 2.07. The van der Waals surface area contributed by atoms with Gasteiger partial charge in [-0.3, -0.25) is 4.40 Å². The van der Waals surface area contributed by atoms with E-state index >= 15 is 0 Å². The number of benzene rings is 1. The molecule has 0 unspecified atom stereocenters. The summed E-state index contributed by atoms with van der Waals surface area (Å²) in [5, 5.41) is 4.36. The molecule has 0 amide bonds. The first-order chi connectivity index (χ1) is 11.5. The summed E-state index contributed by atoms with van der Waals surface area (Å²) in [5.74, 6) is 0.554. The Kier molecular flexibility index (Phi) is 4.81. The molecule has 126 valence electrons. The Balaban J connectivity index is 1.61. The summed E-state index contributed by atoms with van der Waals surface area (Å²) < 4.78 is 3.11. The van der Waals surface area contributed by atoms with E-state index in [2.05, 4.69) is 55.2 Å². The van der Waals surface area contributed by atoms with E-state index < -0.39 is 0 Å². The third kappa shape index (κ3) is 3.57. The third-order valence-corrected chi connectivity index (χ3v) is 4.28. The molecule has 0 saturated heterocycles. The van der Waals surface area contributed by atoms with Gasteiger partial charge in [-0.1, -0.05) is 44.2 Å². The highest BCUT2D eigenvalue weighted by Gasteiger charge is 2.07. The Morgan fingerprint density at radius 3 is 2.54 bits per heavy atom. The average Bonchev–Trinajstić information content (AvgIpc) is 2.90. The summed E-state index contributed by atoms with van der Waals surface area (Å²) in [6, 6.07) is 14.3. The van der Waals surface area contributed by atoms with Gasteiger partial charge in [-0.2, -0.15) is 0 Å². The standard InChI is InChI=1S/C19H24N4O/c1-15(2)17-9-7-16(8-10-17)14-21(3)12-13-23-19(24)22-11-5-4-6-18(22)20-23/h4-11,15H,12-14H2,1-3H3. The first kappa shape index (κ1) is 16.5. The molecule has 0 N–H and O–H groups in total. The van der Waals surface area contributed by atoms with Gasteiger partial charge < -0.3 is 4.90 Å². The number of hydrogen-bond acceptors (Lipinski definition) is 3. The van der Waals surface area contributed by atoms with Gasteiger partial charge in [0, 0.05) is 19.3 Å². The van der Waals surface area contributed by atoms with Crippen molar-refractivity contribution in [3.05, 3.63) is 70.3 Å². The fraction of sp³-hybridized carbons (Fsp3) is 0.368. The summed E-state index contributed by atoms with van der Waals surface area (Å²) >= 11 is 0. The van der Waals surface area contributed by atoms with E-state index in [1.54, 1.807) is 10.6 Å². The highest BCUT2D eigenvalue weighted by Crippen LogP contribution is 2.15. The lowest BCUT2D eigenvalue weighted by Gasteiger charge is -2.16. The zero-order valence-electron chi connectivity index (χ0n) is 14.5. The fourth-order valence-corrected chi connectivity index (χ4v) is 2.78. The molecule has 0 fully saturated rings. The second kappa shape index (κ2) is 7.01. The minimum Gasteiger partial charge on any atom is -0.300 e. The minimum absolute atomic E-state index is 0.0831. The molecular formula is C19H24N4O. The number of fused-ring (bicyclic) bond motifs is 1. The minimum atomic E-state index is -0.0831. The van der Waals surface area contributed by atoms with Crippen molar-refractivity contribution >= 4 is 5.65 Å². The predicted octanol–water partition coefficient (Wildman–Crippen LogP) is 2.75. The van der Waals surface area contributed by atoms with Crippen molar-refractivity contribution in [1.82, 2.24) is 19.1 Å². The number of likely N-dealkylation sites (N-methyl/N-ethyl adjacent to an activating group) is 1. The van der Waals surface area contributed by atoms with Gasteiger partial charge in [0.25, 0.3) is 0 Å². The van der Waals surface area contributed by atoms with Crippen molar-refractivity contribution in [2.24, 2.45) is 0 Å². The van der Waals surface area contributed by atoms with E-state index in [1.165, 1.54) is 15.8 Å². The average molecular weight is 324 g/mol. The molecule has 0 atom stereocenters. The summed E-state index contributed by atoms with van der Waals surface area (Å²) in [4.78, 5) is 14.5. The van der Waals surface area contributed by atoms with Crippen LogP contribution in [0.25, 0.3) is 5.65 Å². The molecule has 3 aromatic rings. The summed E-state index contributed by atoms with van der Waals surface area (Å²) in [6.07, 6.45) is 1.75. The van der Waals surface area contributed by atoms with E-state index in [1.807, 2.05) is 18.2 Å². The Morgan fingerprint density at radius 2 is 1.88 bits per heavy atom. The molecular weight excluding hydrogens is 300 g/mol. The van der Waals surface area contributed by atoms with Gasteiger partial charge in [0.1, 0.15) is 0 Å². The molecule has 24 heavy (non-hydrogen) atoms. The second-order valence-corrected chi connectivity index (χ2v) is 6.57. The first-order valence-electron chi connectivity index (χ1n) is 8.36. The number of pyridine rings is 1. The monoisotopic (exact) mass is 324 g/mol. The Hall–Kier alpha value is -2.40.